The number of nitrogens with zero attached hydrogens (tertiary/aromatic N) is 2. The first-order valence-electron chi connectivity index (χ1n) is 15.0. The zero-order valence-electron chi connectivity index (χ0n) is 24.2. The first-order valence-corrected chi connectivity index (χ1v) is 15.0. The number of fused-ring (bicyclic) bond motifs is 15. The van der Waals surface area contributed by atoms with Crippen molar-refractivity contribution >= 4 is 0 Å². The Morgan fingerprint density at radius 1 is 0.439 bits per heavy atom. The van der Waals surface area contributed by atoms with E-state index in [2.05, 4.69) is 80.3 Å². The van der Waals surface area contributed by atoms with Crippen LogP contribution in [0.15, 0.2) is 72.8 Å². The summed E-state index contributed by atoms with van der Waals surface area (Å²) in [5.41, 5.74) is 3.72. The summed E-state index contributed by atoms with van der Waals surface area (Å²) in [5.74, 6) is 2.73. The quantitative estimate of drug-likeness (QED) is 0.388. The van der Waals surface area contributed by atoms with Gasteiger partial charge in [0.15, 0.2) is 0 Å². The molecule has 0 aliphatic carbocycles. The Morgan fingerprint density at radius 3 is 1.15 bits per heavy atom. The Labute approximate surface area is 245 Å². The van der Waals surface area contributed by atoms with Gasteiger partial charge in [-0.15, -0.1) is 0 Å². The summed E-state index contributed by atoms with van der Waals surface area (Å²) in [6.07, 6.45) is 0. The normalized spacial score (nSPS) is 22.0. The highest BCUT2D eigenvalue weighted by Gasteiger charge is 2.10. The Morgan fingerprint density at radius 2 is 0.780 bits per heavy atom. The summed E-state index contributed by atoms with van der Waals surface area (Å²) in [4.78, 5) is 4.88. The van der Waals surface area contributed by atoms with Crippen molar-refractivity contribution in [2.24, 2.45) is 0 Å². The molecule has 0 aromatic heterocycles. The Kier molecular flexibility index (Phi) is 11.7. The lowest BCUT2D eigenvalue weighted by Gasteiger charge is -2.24. The second kappa shape index (κ2) is 16.3. The molecule has 0 saturated carbocycles. The molecular weight excluding hydrogens is 514 g/mol. The molecule has 41 heavy (non-hydrogen) atoms. The topological polar surface area (TPSA) is 70.3 Å². The summed E-state index contributed by atoms with van der Waals surface area (Å²) in [7, 11) is 0. The third kappa shape index (κ3) is 10.3. The molecule has 8 nitrogen and oxygen atoms in total. The van der Waals surface area contributed by atoms with Crippen molar-refractivity contribution in [3.8, 4) is 17.2 Å². The van der Waals surface area contributed by atoms with E-state index in [-0.39, 0.29) is 0 Å². The van der Waals surface area contributed by atoms with Crippen LogP contribution >= 0.6 is 0 Å². The lowest BCUT2D eigenvalue weighted by Crippen LogP contribution is -2.40. The van der Waals surface area contributed by atoms with Gasteiger partial charge in [-0.25, -0.2) is 0 Å². The Bertz CT molecular complexity index is 1050. The van der Waals surface area contributed by atoms with Gasteiger partial charge in [-0.3, -0.25) is 9.80 Å². The van der Waals surface area contributed by atoms with Crippen molar-refractivity contribution in [1.29, 1.82) is 0 Å². The van der Waals surface area contributed by atoms with Crippen molar-refractivity contribution in [1.82, 2.24) is 25.8 Å². The van der Waals surface area contributed by atoms with Gasteiger partial charge in [0.2, 0.25) is 0 Å². The van der Waals surface area contributed by atoms with Crippen LogP contribution in [-0.4, -0.2) is 88.5 Å². The van der Waals surface area contributed by atoms with E-state index < -0.39 is 0 Å². The minimum atomic E-state index is 0.605. The molecule has 0 fully saturated rings. The maximum Gasteiger partial charge on any atom is 0.119 e. The largest absolute Gasteiger partial charge is 0.492 e. The fraction of sp³-hybridized carbons (Fsp3) is 0.455. The van der Waals surface area contributed by atoms with Crippen LogP contribution in [0.4, 0.5) is 0 Å². The van der Waals surface area contributed by atoms with Gasteiger partial charge in [-0.2, -0.15) is 0 Å². The second-order valence-corrected chi connectivity index (χ2v) is 10.7. The molecule has 0 unspecified atom stereocenters. The number of benzene rings is 3. The van der Waals surface area contributed by atoms with E-state index in [1.54, 1.807) is 0 Å². The Hall–Kier alpha value is -3.14. The number of rotatable bonds is 0. The van der Waals surface area contributed by atoms with Gasteiger partial charge >= 0.3 is 0 Å². The van der Waals surface area contributed by atoms with Crippen molar-refractivity contribution in [2.75, 3.05) is 78.7 Å². The van der Waals surface area contributed by atoms with Gasteiger partial charge in [0.05, 0.1) is 0 Å². The summed E-state index contributed by atoms with van der Waals surface area (Å²) in [6, 6.07) is 25.3. The average Bonchev–Trinajstić information content (AvgIpc) is 2.99. The maximum absolute atomic E-state index is 6.19. The predicted molar refractivity (Wildman–Crippen MR) is 164 cm³/mol. The first kappa shape index (κ1) is 29.4. The van der Waals surface area contributed by atoms with E-state index >= 15 is 0 Å². The van der Waals surface area contributed by atoms with Crippen molar-refractivity contribution in [3.05, 3.63) is 89.5 Å². The Balaban J connectivity index is 1.34. The van der Waals surface area contributed by atoms with Gasteiger partial charge in [0.25, 0.3) is 0 Å². The molecule has 0 spiro atoms. The lowest BCUT2D eigenvalue weighted by molar-refractivity contribution is 0.153. The fourth-order valence-electron chi connectivity index (χ4n) is 5.19. The number of nitrogens with one attached hydrogen (secondary N) is 3. The van der Waals surface area contributed by atoms with E-state index in [4.69, 9.17) is 14.2 Å². The molecule has 8 bridgehead atoms. The van der Waals surface area contributed by atoms with Crippen LogP contribution in [0.2, 0.25) is 0 Å². The SMILES string of the molecule is c1cc2cc(c1)OCCN1CCOc3cccc(c3)CNCCN(CCNC2)CCNCc2cccc(c2)OCC1. The molecule has 3 aromatic rings. The molecule has 0 radical (unpaired) electrons. The van der Waals surface area contributed by atoms with Gasteiger partial charge in [0.1, 0.15) is 37.1 Å². The van der Waals surface area contributed by atoms with Crippen molar-refractivity contribution in [2.45, 2.75) is 19.6 Å². The maximum atomic E-state index is 6.19. The molecule has 3 aliphatic heterocycles. The minimum absolute atomic E-state index is 0.605. The van der Waals surface area contributed by atoms with Gasteiger partial charge < -0.3 is 30.2 Å². The molecule has 220 valence electrons. The zero-order valence-corrected chi connectivity index (χ0v) is 24.2. The highest BCUT2D eigenvalue weighted by molar-refractivity contribution is 5.30. The fourth-order valence-corrected chi connectivity index (χ4v) is 5.19. The lowest BCUT2D eigenvalue weighted by atomic mass is 10.2. The molecule has 3 aliphatic rings. The highest BCUT2D eigenvalue weighted by Crippen LogP contribution is 2.16. The molecule has 0 saturated heterocycles. The summed E-state index contributed by atoms with van der Waals surface area (Å²) < 4.78 is 18.6. The molecular formula is C33H45N5O3. The van der Waals surface area contributed by atoms with E-state index in [1.807, 2.05) is 18.2 Å². The summed E-state index contributed by atoms with van der Waals surface area (Å²) in [6.45, 7) is 12.4. The van der Waals surface area contributed by atoms with Crippen LogP contribution in [0.1, 0.15) is 16.7 Å². The van der Waals surface area contributed by atoms with E-state index in [9.17, 15) is 0 Å². The van der Waals surface area contributed by atoms with Crippen molar-refractivity contribution in [3.63, 3.8) is 0 Å². The second-order valence-electron chi connectivity index (χ2n) is 10.7. The van der Waals surface area contributed by atoms with Crippen molar-refractivity contribution < 1.29 is 14.2 Å². The number of hydrogen-bond donors (Lipinski definition) is 3. The molecule has 0 atom stereocenters. The van der Waals surface area contributed by atoms with Gasteiger partial charge in [-0.1, -0.05) is 36.4 Å². The molecule has 3 heterocycles. The van der Waals surface area contributed by atoms with Crippen LogP contribution in [-0.2, 0) is 19.6 Å². The molecule has 0 amide bonds. The number of hydrogen-bond acceptors (Lipinski definition) is 8. The predicted octanol–water partition coefficient (Wildman–Crippen LogP) is 3.12. The standard InChI is InChI=1S/C33H45N5O3/c1-4-28-22-31(7-1)39-19-16-38-17-20-40-32-8-2-5-29(23-32)26-35-11-14-37(13-10-34-25-28)15-12-36-27-30-6-3-9-33(24-30)41-21-18-38/h1-9,22-24,34-36H,10-21,25-27H2. The van der Waals surface area contributed by atoms with Crippen LogP contribution in [0.3, 0.4) is 0 Å². The van der Waals surface area contributed by atoms with E-state index in [0.717, 1.165) is 95.8 Å². The third-order valence-electron chi connectivity index (χ3n) is 7.53. The summed E-state index contributed by atoms with van der Waals surface area (Å²) >= 11 is 0. The molecule has 3 aromatic carbocycles. The van der Waals surface area contributed by atoms with Crippen LogP contribution in [0, 0.1) is 0 Å². The monoisotopic (exact) mass is 559 g/mol. The first-order chi connectivity index (χ1) is 20.3. The van der Waals surface area contributed by atoms with E-state index in [0.29, 0.717) is 19.8 Å². The van der Waals surface area contributed by atoms with Gasteiger partial charge in [0, 0.05) is 78.5 Å². The van der Waals surface area contributed by atoms with Crippen LogP contribution in [0.5, 0.6) is 17.2 Å². The number of ether oxygens (including phenoxy) is 3. The summed E-state index contributed by atoms with van der Waals surface area (Å²) in [5, 5.41) is 10.9. The average molecular weight is 560 g/mol. The van der Waals surface area contributed by atoms with E-state index in [1.165, 1.54) is 16.7 Å². The molecule has 8 heteroatoms. The van der Waals surface area contributed by atoms with Gasteiger partial charge in [-0.05, 0) is 53.1 Å². The zero-order chi connectivity index (χ0) is 28.0. The smallest absolute Gasteiger partial charge is 0.119 e. The van der Waals surface area contributed by atoms with Crippen LogP contribution in [0.25, 0.3) is 0 Å². The third-order valence-corrected chi connectivity index (χ3v) is 7.53. The molecule has 6 rings (SSSR count). The minimum Gasteiger partial charge on any atom is -0.492 e. The molecule has 3 N–H and O–H groups in total. The highest BCUT2D eigenvalue weighted by atomic mass is 16.5. The van der Waals surface area contributed by atoms with Crippen LogP contribution < -0.4 is 30.2 Å².